The van der Waals surface area contributed by atoms with Gasteiger partial charge >= 0.3 is 0 Å². The van der Waals surface area contributed by atoms with Crippen molar-refractivity contribution in [2.75, 3.05) is 28.4 Å². The molecule has 0 atom stereocenters. The third-order valence-corrected chi connectivity index (χ3v) is 4.59. The van der Waals surface area contributed by atoms with E-state index < -0.39 is 0 Å². The van der Waals surface area contributed by atoms with E-state index in [9.17, 15) is 0 Å². The number of rotatable bonds is 7. The number of nitrogens with zero attached hydrogens (tertiary/aromatic N) is 3. The van der Waals surface area contributed by atoms with Crippen molar-refractivity contribution in [1.29, 1.82) is 0 Å². The first-order valence-corrected chi connectivity index (χ1v) is 9.26. The SMILES string of the molecule is CN=C(NCc1cc(OC)c(OC)c(OC)c1)NCc1cn2c(C)cccc2n1.I. The van der Waals surface area contributed by atoms with Crippen molar-refractivity contribution in [1.82, 2.24) is 20.0 Å². The predicted molar refractivity (Wildman–Crippen MR) is 128 cm³/mol. The van der Waals surface area contributed by atoms with Gasteiger partial charge in [0.1, 0.15) is 5.65 Å². The molecule has 0 aliphatic carbocycles. The summed E-state index contributed by atoms with van der Waals surface area (Å²) >= 11 is 0. The smallest absolute Gasteiger partial charge is 0.203 e. The molecule has 0 spiro atoms. The molecule has 0 saturated carbocycles. The Kier molecular flexibility index (Phi) is 8.58. The summed E-state index contributed by atoms with van der Waals surface area (Å²) in [5.41, 5.74) is 3.99. The van der Waals surface area contributed by atoms with Crippen LogP contribution in [0.2, 0.25) is 0 Å². The first-order chi connectivity index (χ1) is 14.1. The second-order valence-corrected chi connectivity index (χ2v) is 6.44. The summed E-state index contributed by atoms with van der Waals surface area (Å²) in [7, 11) is 6.53. The minimum absolute atomic E-state index is 0. The van der Waals surface area contributed by atoms with Crippen LogP contribution in [-0.4, -0.2) is 43.7 Å². The molecular formula is C21H28IN5O3. The van der Waals surface area contributed by atoms with Gasteiger partial charge < -0.3 is 29.2 Å². The van der Waals surface area contributed by atoms with E-state index in [0.717, 1.165) is 22.6 Å². The number of ether oxygens (including phenoxy) is 3. The summed E-state index contributed by atoms with van der Waals surface area (Å²) < 4.78 is 18.3. The minimum Gasteiger partial charge on any atom is -0.493 e. The van der Waals surface area contributed by atoms with Crippen LogP contribution in [0.4, 0.5) is 0 Å². The summed E-state index contributed by atoms with van der Waals surface area (Å²) in [6, 6.07) is 9.88. The number of imidazole rings is 1. The van der Waals surface area contributed by atoms with Gasteiger partial charge in [0.25, 0.3) is 0 Å². The Balaban J connectivity index is 0.00000320. The van der Waals surface area contributed by atoms with E-state index in [0.29, 0.717) is 36.3 Å². The second kappa shape index (κ2) is 10.9. The van der Waals surface area contributed by atoms with Gasteiger partial charge in [-0.1, -0.05) is 6.07 Å². The zero-order valence-corrected chi connectivity index (χ0v) is 20.2. The molecule has 9 heteroatoms. The number of methoxy groups -OCH3 is 3. The average molecular weight is 525 g/mol. The van der Waals surface area contributed by atoms with Crippen LogP contribution in [0, 0.1) is 6.92 Å². The molecule has 162 valence electrons. The number of benzene rings is 1. The van der Waals surface area contributed by atoms with E-state index in [-0.39, 0.29) is 24.0 Å². The fraction of sp³-hybridized carbons (Fsp3) is 0.333. The van der Waals surface area contributed by atoms with Crippen LogP contribution < -0.4 is 24.8 Å². The second-order valence-electron chi connectivity index (χ2n) is 6.44. The zero-order chi connectivity index (χ0) is 20.8. The number of guanidine groups is 1. The van der Waals surface area contributed by atoms with Gasteiger partial charge in [-0.3, -0.25) is 4.99 Å². The summed E-state index contributed by atoms with van der Waals surface area (Å²) in [5, 5.41) is 6.59. The van der Waals surface area contributed by atoms with Crippen LogP contribution in [0.1, 0.15) is 17.0 Å². The van der Waals surface area contributed by atoms with Gasteiger partial charge in [0.05, 0.1) is 33.6 Å². The molecule has 3 aromatic rings. The van der Waals surface area contributed by atoms with E-state index in [4.69, 9.17) is 14.2 Å². The third-order valence-electron chi connectivity index (χ3n) is 4.59. The van der Waals surface area contributed by atoms with Gasteiger partial charge in [0.15, 0.2) is 17.5 Å². The Labute approximate surface area is 193 Å². The topological polar surface area (TPSA) is 81.4 Å². The Morgan fingerprint density at radius 2 is 1.70 bits per heavy atom. The van der Waals surface area contributed by atoms with Crippen molar-refractivity contribution in [2.45, 2.75) is 20.0 Å². The molecule has 0 unspecified atom stereocenters. The van der Waals surface area contributed by atoms with Crippen LogP contribution >= 0.6 is 24.0 Å². The molecule has 2 heterocycles. The van der Waals surface area contributed by atoms with E-state index in [1.165, 1.54) is 0 Å². The van der Waals surface area contributed by atoms with Gasteiger partial charge in [0.2, 0.25) is 5.75 Å². The lowest BCUT2D eigenvalue weighted by molar-refractivity contribution is 0.323. The highest BCUT2D eigenvalue weighted by Gasteiger charge is 2.13. The molecule has 0 aliphatic rings. The highest BCUT2D eigenvalue weighted by Crippen LogP contribution is 2.38. The molecule has 2 aromatic heterocycles. The summed E-state index contributed by atoms with van der Waals surface area (Å²) in [6.07, 6.45) is 2.03. The number of aliphatic imine (C=N–C) groups is 1. The fourth-order valence-corrected chi connectivity index (χ4v) is 3.10. The molecule has 1 aromatic carbocycles. The standard InChI is InChI=1S/C21H27N5O3.HI/c1-14-7-6-8-19-25-16(13-26(14)19)12-24-21(22-2)23-11-15-9-17(27-3)20(29-5)18(10-15)28-4;/h6-10,13H,11-12H2,1-5H3,(H2,22,23,24);1H. The molecule has 0 fully saturated rings. The highest BCUT2D eigenvalue weighted by molar-refractivity contribution is 14.0. The van der Waals surface area contributed by atoms with Crippen LogP contribution in [-0.2, 0) is 13.1 Å². The molecule has 0 saturated heterocycles. The van der Waals surface area contributed by atoms with Crippen LogP contribution in [0.15, 0.2) is 41.5 Å². The fourth-order valence-electron chi connectivity index (χ4n) is 3.10. The van der Waals surface area contributed by atoms with Gasteiger partial charge in [-0.2, -0.15) is 0 Å². The number of aryl methyl sites for hydroxylation is 1. The zero-order valence-electron chi connectivity index (χ0n) is 17.9. The molecule has 8 nitrogen and oxygen atoms in total. The monoisotopic (exact) mass is 525 g/mol. The Bertz CT molecular complexity index is 994. The van der Waals surface area contributed by atoms with Crippen molar-refractivity contribution in [3.63, 3.8) is 0 Å². The van der Waals surface area contributed by atoms with Crippen LogP contribution in [0.25, 0.3) is 5.65 Å². The number of fused-ring (bicyclic) bond motifs is 1. The molecular weight excluding hydrogens is 497 g/mol. The maximum absolute atomic E-state index is 5.41. The number of hydrogen-bond donors (Lipinski definition) is 2. The molecule has 0 amide bonds. The normalized spacial score (nSPS) is 11.0. The lowest BCUT2D eigenvalue weighted by atomic mass is 10.2. The van der Waals surface area contributed by atoms with Crippen molar-refractivity contribution in [3.05, 3.63) is 53.5 Å². The lowest BCUT2D eigenvalue weighted by Gasteiger charge is -2.15. The molecule has 30 heavy (non-hydrogen) atoms. The van der Waals surface area contributed by atoms with Gasteiger partial charge in [-0.15, -0.1) is 24.0 Å². The summed E-state index contributed by atoms with van der Waals surface area (Å²) in [4.78, 5) is 8.91. The first kappa shape index (κ1) is 23.6. The van der Waals surface area contributed by atoms with Gasteiger partial charge in [0, 0.05) is 25.5 Å². The number of pyridine rings is 1. The molecule has 0 aliphatic heterocycles. The predicted octanol–water partition coefficient (Wildman–Crippen LogP) is 3.15. The van der Waals surface area contributed by atoms with E-state index >= 15 is 0 Å². The van der Waals surface area contributed by atoms with Crippen molar-refractivity contribution in [3.8, 4) is 17.2 Å². The summed E-state index contributed by atoms with van der Waals surface area (Å²) in [6.45, 7) is 3.17. The van der Waals surface area contributed by atoms with E-state index in [2.05, 4.69) is 38.0 Å². The highest BCUT2D eigenvalue weighted by atomic mass is 127. The quantitative estimate of drug-likeness (QED) is 0.280. The van der Waals surface area contributed by atoms with E-state index in [1.807, 2.05) is 30.5 Å². The molecule has 3 rings (SSSR count). The van der Waals surface area contributed by atoms with Gasteiger partial charge in [-0.25, -0.2) is 4.98 Å². The van der Waals surface area contributed by atoms with Crippen LogP contribution in [0.5, 0.6) is 17.2 Å². The largest absolute Gasteiger partial charge is 0.493 e. The number of aromatic nitrogens is 2. The maximum Gasteiger partial charge on any atom is 0.203 e. The average Bonchev–Trinajstić information content (AvgIpc) is 3.17. The van der Waals surface area contributed by atoms with Crippen LogP contribution in [0.3, 0.4) is 0 Å². The third kappa shape index (κ3) is 5.26. The van der Waals surface area contributed by atoms with Gasteiger partial charge in [-0.05, 0) is 36.8 Å². The van der Waals surface area contributed by atoms with Crippen molar-refractivity contribution < 1.29 is 14.2 Å². The summed E-state index contributed by atoms with van der Waals surface area (Å²) in [5.74, 6) is 2.48. The Morgan fingerprint density at radius 1 is 1.03 bits per heavy atom. The molecule has 2 N–H and O–H groups in total. The van der Waals surface area contributed by atoms with Crippen molar-refractivity contribution in [2.24, 2.45) is 4.99 Å². The first-order valence-electron chi connectivity index (χ1n) is 9.26. The van der Waals surface area contributed by atoms with Crippen molar-refractivity contribution >= 4 is 35.6 Å². The molecule has 0 radical (unpaired) electrons. The Hall–Kier alpha value is -2.69. The van der Waals surface area contributed by atoms with E-state index in [1.54, 1.807) is 28.4 Å². The Morgan fingerprint density at radius 3 is 2.27 bits per heavy atom. The maximum atomic E-state index is 5.41. The number of hydrogen-bond acceptors (Lipinski definition) is 5. The lowest BCUT2D eigenvalue weighted by Crippen LogP contribution is -2.36. The molecule has 0 bridgehead atoms. The minimum atomic E-state index is 0. The number of halogens is 1. The number of nitrogens with one attached hydrogen (secondary N) is 2.